The molecule has 0 aromatic heterocycles. The van der Waals surface area contributed by atoms with Crippen LogP contribution in [0.15, 0.2) is 65.4 Å². The maximum atomic E-state index is 13.7. The molecule has 39 heavy (non-hydrogen) atoms. The largest absolute Gasteiger partial charge is 0.508 e. The summed E-state index contributed by atoms with van der Waals surface area (Å²) in [6.07, 6.45) is 0.615. The molecule has 3 aromatic carbocycles. The molecule has 1 amide bonds. The fraction of sp³-hybridized carbons (Fsp3) is 0.200. The van der Waals surface area contributed by atoms with Gasteiger partial charge in [0.05, 0.1) is 5.56 Å². The van der Waals surface area contributed by atoms with Crippen molar-refractivity contribution in [3.8, 4) is 16.9 Å². The summed E-state index contributed by atoms with van der Waals surface area (Å²) in [4.78, 5) is 49.7. The number of benzene rings is 3. The van der Waals surface area contributed by atoms with Crippen molar-refractivity contribution in [2.75, 3.05) is 0 Å². The number of hydrogen-bond acceptors (Lipinski definition) is 8. The predicted molar refractivity (Wildman–Crippen MR) is 140 cm³/mol. The molecule has 3 aliphatic carbocycles. The minimum atomic E-state index is -2.61. The third-order valence-electron chi connectivity index (χ3n) is 8.32. The number of aliphatic hydroxyl groups excluding tert-OH is 2. The van der Waals surface area contributed by atoms with Crippen LogP contribution in [-0.4, -0.2) is 49.8 Å². The molecule has 0 unspecified atom stereocenters. The second-order valence-corrected chi connectivity index (χ2v) is 10.3. The van der Waals surface area contributed by atoms with E-state index in [1.54, 1.807) is 18.2 Å². The molecule has 1 fully saturated rings. The number of primary amides is 1. The van der Waals surface area contributed by atoms with Crippen molar-refractivity contribution in [2.24, 2.45) is 17.6 Å². The van der Waals surface area contributed by atoms with Crippen LogP contribution in [0.1, 0.15) is 34.3 Å². The van der Waals surface area contributed by atoms with E-state index in [-0.39, 0.29) is 36.1 Å². The minimum Gasteiger partial charge on any atom is -0.508 e. The summed E-state index contributed by atoms with van der Waals surface area (Å²) in [5.41, 5.74) is 4.11. The molecule has 3 atom stereocenters. The van der Waals surface area contributed by atoms with Gasteiger partial charge in [0.25, 0.3) is 5.91 Å². The Balaban J connectivity index is 1.57. The number of nitrogens with two attached hydrogens (primary N) is 1. The van der Waals surface area contributed by atoms with Gasteiger partial charge < -0.3 is 26.2 Å². The maximum Gasteiger partial charge on any atom is 0.255 e. The van der Waals surface area contributed by atoms with Gasteiger partial charge in [-0.25, -0.2) is 0 Å². The average Bonchev–Trinajstić information content (AvgIpc) is 2.90. The predicted octanol–water partition coefficient (Wildman–Crippen LogP) is 3.06. The highest BCUT2D eigenvalue weighted by Crippen LogP contribution is 2.53. The Bertz CT molecular complexity index is 1730. The van der Waals surface area contributed by atoms with Gasteiger partial charge in [-0.1, -0.05) is 42.5 Å². The van der Waals surface area contributed by atoms with E-state index >= 15 is 0 Å². The Kier molecular flexibility index (Phi) is 5.27. The number of ketones is 2. The number of carbonyl (C=O) groups is 4. The fourth-order valence-corrected chi connectivity index (χ4v) is 6.53. The lowest BCUT2D eigenvalue weighted by atomic mass is 9.59. The number of Topliss-reactive ketones (excluding diaryl/α,β-unsaturated/α-hetero) is 2. The fourth-order valence-electron chi connectivity index (χ4n) is 6.53. The number of amides is 1. The molecular weight excluding hydrogens is 502 g/mol. The topological polar surface area (TPSA) is 175 Å². The zero-order valence-corrected chi connectivity index (χ0v) is 20.5. The minimum absolute atomic E-state index is 0.0168. The number of carbonyl (C=O) groups excluding carboxylic acids is 4. The van der Waals surface area contributed by atoms with E-state index in [4.69, 9.17) is 5.73 Å². The Labute approximate surface area is 221 Å². The number of fused-ring (bicyclic) bond motifs is 4. The molecule has 9 nitrogen and oxygen atoms in total. The van der Waals surface area contributed by atoms with Crippen LogP contribution in [0.2, 0.25) is 0 Å². The van der Waals surface area contributed by atoms with E-state index in [9.17, 15) is 39.6 Å². The van der Waals surface area contributed by atoms with Crippen LogP contribution in [0.3, 0.4) is 0 Å². The third kappa shape index (κ3) is 3.23. The highest BCUT2D eigenvalue weighted by Gasteiger charge is 2.60. The molecule has 3 aliphatic rings. The van der Waals surface area contributed by atoms with Crippen molar-refractivity contribution in [3.05, 3.63) is 82.1 Å². The van der Waals surface area contributed by atoms with Crippen molar-refractivity contribution in [2.45, 2.75) is 24.9 Å². The molecule has 0 bridgehead atoms. The van der Waals surface area contributed by atoms with Crippen molar-refractivity contribution in [3.63, 3.8) is 0 Å². The summed E-state index contributed by atoms with van der Waals surface area (Å²) in [5.74, 6) is -6.70. The molecule has 0 radical (unpaired) electrons. The molecule has 3 aromatic rings. The molecule has 6 N–H and O–H groups in total. The second-order valence-electron chi connectivity index (χ2n) is 10.3. The van der Waals surface area contributed by atoms with Crippen LogP contribution in [-0.2, 0) is 20.8 Å². The monoisotopic (exact) mass is 525 g/mol. The summed E-state index contributed by atoms with van der Waals surface area (Å²) in [7, 11) is 0. The molecule has 6 rings (SSSR count). The first kappa shape index (κ1) is 24.6. The van der Waals surface area contributed by atoms with Crippen LogP contribution in [0.4, 0.5) is 0 Å². The molecular formula is C30H23NO8. The number of phenols is 1. The van der Waals surface area contributed by atoms with Crippen LogP contribution in [0.5, 0.6) is 5.75 Å². The van der Waals surface area contributed by atoms with Crippen molar-refractivity contribution < 1.29 is 39.6 Å². The molecule has 0 saturated heterocycles. The SMILES string of the molecule is NC(=O)C1=C(O)[C@@]2(O)C(=O)C3=C(O)c4c(O)ccc(-c5ccc(C=O)c6ccccc56)c4C[C@H]3C[C@H]2CC1=O. The normalized spacial score (nSPS) is 24.3. The van der Waals surface area contributed by atoms with Crippen LogP contribution >= 0.6 is 0 Å². The quantitative estimate of drug-likeness (QED) is 0.256. The van der Waals surface area contributed by atoms with Gasteiger partial charge >= 0.3 is 0 Å². The van der Waals surface area contributed by atoms with Crippen molar-refractivity contribution in [1.29, 1.82) is 0 Å². The third-order valence-corrected chi connectivity index (χ3v) is 8.32. The van der Waals surface area contributed by atoms with Gasteiger partial charge in [0.1, 0.15) is 22.8 Å². The Morgan fingerprint density at radius 3 is 2.33 bits per heavy atom. The van der Waals surface area contributed by atoms with Gasteiger partial charge in [-0.2, -0.15) is 0 Å². The van der Waals surface area contributed by atoms with Gasteiger partial charge in [0.2, 0.25) is 5.78 Å². The number of phenolic OH excluding ortho intramolecular Hbond substituents is 1. The van der Waals surface area contributed by atoms with E-state index in [0.717, 1.165) is 22.6 Å². The lowest BCUT2D eigenvalue weighted by Gasteiger charge is -2.46. The number of aromatic hydroxyl groups is 1. The van der Waals surface area contributed by atoms with E-state index in [1.165, 1.54) is 6.07 Å². The zero-order chi connectivity index (χ0) is 27.8. The number of aldehydes is 1. The van der Waals surface area contributed by atoms with Crippen LogP contribution in [0.25, 0.3) is 27.7 Å². The first-order valence-corrected chi connectivity index (χ1v) is 12.4. The Morgan fingerprint density at radius 1 is 0.949 bits per heavy atom. The zero-order valence-electron chi connectivity index (χ0n) is 20.5. The van der Waals surface area contributed by atoms with Gasteiger partial charge in [0, 0.05) is 23.5 Å². The molecule has 196 valence electrons. The average molecular weight is 526 g/mol. The van der Waals surface area contributed by atoms with Crippen LogP contribution in [0, 0.1) is 11.8 Å². The van der Waals surface area contributed by atoms with Gasteiger partial charge in [0.15, 0.2) is 17.7 Å². The van der Waals surface area contributed by atoms with Crippen LogP contribution < -0.4 is 5.73 Å². The molecule has 9 heteroatoms. The molecule has 0 spiro atoms. The lowest BCUT2D eigenvalue weighted by molar-refractivity contribution is -0.147. The van der Waals surface area contributed by atoms with E-state index in [2.05, 4.69) is 0 Å². The highest BCUT2D eigenvalue weighted by molar-refractivity contribution is 6.22. The number of rotatable bonds is 3. The standard InChI is InChI=1S/C30H23NO8/c31-29(38)25-22(34)11-15-9-14-10-20-19(18-6-5-13(12-32)16-3-1-2-4-17(16)18)7-8-21(33)24(20)26(35)23(14)27(36)30(15,39)28(25)37/h1-8,12,14-15,33,35,37,39H,9-11H2,(H2,31,38)/t14-,15+,30+/m1/s1. The molecule has 0 heterocycles. The molecule has 1 saturated carbocycles. The summed E-state index contributed by atoms with van der Waals surface area (Å²) in [6.45, 7) is 0. The van der Waals surface area contributed by atoms with E-state index in [0.29, 0.717) is 16.7 Å². The molecule has 0 aliphatic heterocycles. The highest BCUT2D eigenvalue weighted by atomic mass is 16.3. The number of aliphatic hydroxyl groups is 3. The maximum absolute atomic E-state index is 13.7. The smallest absolute Gasteiger partial charge is 0.255 e. The van der Waals surface area contributed by atoms with Crippen molar-refractivity contribution in [1.82, 2.24) is 0 Å². The van der Waals surface area contributed by atoms with Crippen molar-refractivity contribution >= 4 is 40.3 Å². The summed E-state index contributed by atoms with van der Waals surface area (Å²) in [6, 6.07) is 13.9. The Morgan fingerprint density at radius 2 is 1.64 bits per heavy atom. The second kappa shape index (κ2) is 8.37. The van der Waals surface area contributed by atoms with E-state index in [1.807, 2.05) is 24.3 Å². The summed E-state index contributed by atoms with van der Waals surface area (Å²) in [5, 5.41) is 45.8. The summed E-state index contributed by atoms with van der Waals surface area (Å²) >= 11 is 0. The summed E-state index contributed by atoms with van der Waals surface area (Å²) < 4.78 is 0. The first-order valence-electron chi connectivity index (χ1n) is 12.4. The Hall–Kier alpha value is -4.76. The van der Waals surface area contributed by atoms with Gasteiger partial charge in [-0.05, 0) is 52.3 Å². The lowest BCUT2D eigenvalue weighted by Crippen LogP contribution is -2.58. The van der Waals surface area contributed by atoms with E-state index < -0.39 is 52.0 Å². The van der Waals surface area contributed by atoms with Gasteiger partial charge in [-0.3, -0.25) is 19.2 Å². The number of hydrogen-bond donors (Lipinski definition) is 5. The van der Waals surface area contributed by atoms with Gasteiger partial charge in [-0.15, -0.1) is 0 Å². The first-order chi connectivity index (χ1) is 18.6.